The molecule has 0 heterocycles. The summed E-state index contributed by atoms with van der Waals surface area (Å²) in [5.74, 6) is -1.14. The van der Waals surface area contributed by atoms with Gasteiger partial charge in [-0.15, -0.1) is 0 Å². The highest BCUT2D eigenvalue weighted by Gasteiger charge is 2.29. The number of carbonyl (C=O) groups excluding carboxylic acids is 2. The van der Waals surface area contributed by atoms with Gasteiger partial charge in [0.25, 0.3) is 10.0 Å². The van der Waals surface area contributed by atoms with E-state index in [-0.39, 0.29) is 16.1 Å². The number of benzene rings is 4. The molecule has 0 saturated heterocycles. The predicted molar refractivity (Wildman–Crippen MR) is 154 cm³/mol. The van der Waals surface area contributed by atoms with Crippen LogP contribution in [0.25, 0.3) is 0 Å². The molecule has 4 rings (SSSR count). The van der Waals surface area contributed by atoms with Crippen molar-refractivity contribution in [3.05, 3.63) is 131 Å². The number of aromatic carboxylic acids is 1. The fourth-order valence-corrected chi connectivity index (χ4v) is 5.06. The van der Waals surface area contributed by atoms with Crippen molar-refractivity contribution in [2.45, 2.75) is 23.9 Å². The van der Waals surface area contributed by atoms with Crippen molar-refractivity contribution in [1.82, 2.24) is 15.4 Å². The van der Waals surface area contributed by atoms with E-state index in [4.69, 9.17) is 0 Å². The Morgan fingerprint density at radius 2 is 1.22 bits per heavy atom. The number of carboxylic acids is 1. The highest BCUT2D eigenvalue weighted by Crippen LogP contribution is 2.29. The number of rotatable bonds is 9. The van der Waals surface area contributed by atoms with Crippen molar-refractivity contribution in [1.29, 1.82) is 0 Å². The largest absolute Gasteiger partial charge is 0.478 e. The molecular formula is C30H28N4O6S. The van der Waals surface area contributed by atoms with Crippen molar-refractivity contribution < 1.29 is 27.9 Å². The van der Waals surface area contributed by atoms with Crippen molar-refractivity contribution in [3.8, 4) is 0 Å². The van der Waals surface area contributed by atoms with E-state index < -0.39 is 40.1 Å². The van der Waals surface area contributed by atoms with Gasteiger partial charge < -0.3 is 21.1 Å². The molecule has 41 heavy (non-hydrogen) atoms. The van der Waals surface area contributed by atoms with Gasteiger partial charge in [-0.2, -0.15) is 0 Å². The lowest BCUT2D eigenvalue weighted by Gasteiger charge is -2.30. The van der Waals surface area contributed by atoms with E-state index in [1.165, 1.54) is 30.3 Å². The van der Waals surface area contributed by atoms with Gasteiger partial charge in [-0.05, 0) is 48.4 Å². The van der Waals surface area contributed by atoms with Gasteiger partial charge in [0.2, 0.25) is 0 Å². The van der Waals surface area contributed by atoms with Crippen LogP contribution < -0.4 is 20.7 Å². The lowest BCUT2D eigenvalue weighted by molar-refractivity contribution is 0.0696. The third-order valence-electron chi connectivity index (χ3n) is 6.15. The smallest absolute Gasteiger partial charge is 0.335 e. The van der Waals surface area contributed by atoms with Crippen molar-refractivity contribution in [2.24, 2.45) is 0 Å². The zero-order valence-electron chi connectivity index (χ0n) is 21.9. The Morgan fingerprint density at radius 3 is 1.76 bits per heavy atom. The molecule has 0 bridgehead atoms. The van der Waals surface area contributed by atoms with Crippen LogP contribution in [0.15, 0.2) is 114 Å². The molecule has 0 unspecified atom stereocenters. The maximum Gasteiger partial charge on any atom is 0.335 e. The van der Waals surface area contributed by atoms with Crippen LogP contribution in [0.4, 0.5) is 15.3 Å². The summed E-state index contributed by atoms with van der Waals surface area (Å²) in [6.45, 7) is 1.82. The van der Waals surface area contributed by atoms with E-state index >= 15 is 0 Å². The average Bonchev–Trinajstić information content (AvgIpc) is 2.96. The molecule has 0 aliphatic rings. The standard InChI is InChI=1S/C30H28N4O6S/c1-20-15-17-25(18-16-20)41(39,40)34-30(38)33-27(22-11-6-3-7-12-22)26(21-9-4-2-5-10-21)32-29(37)31-24-14-8-13-23(19-24)28(35)36/h2-19,26-27H,1H3,(H,35,36)(H2,31,32,37)(H2,33,34,38)/t26-,27-/m0/s1. The van der Waals surface area contributed by atoms with Crippen LogP contribution in [-0.2, 0) is 10.0 Å². The third kappa shape index (κ3) is 7.70. The summed E-state index contributed by atoms with van der Waals surface area (Å²) in [5.41, 5.74) is 2.33. The maximum absolute atomic E-state index is 13.1. The molecule has 0 aliphatic carbocycles. The highest BCUT2D eigenvalue weighted by molar-refractivity contribution is 7.90. The number of amides is 4. The monoisotopic (exact) mass is 572 g/mol. The second-order valence-corrected chi connectivity index (χ2v) is 10.8. The van der Waals surface area contributed by atoms with E-state index in [1.807, 2.05) is 11.6 Å². The number of carboxylic acid groups (broad SMARTS) is 1. The Balaban J connectivity index is 1.63. The number of urea groups is 2. The maximum atomic E-state index is 13.1. The summed E-state index contributed by atoms with van der Waals surface area (Å²) in [4.78, 5) is 37.5. The molecule has 0 radical (unpaired) electrons. The number of aryl methyl sites for hydroxylation is 1. The van der Waals surface area contributed by atoms with Gasteiger partial charge >= 0.3 is 18.0 Å². The average molecular weight is 573 g/mol. The van der Waals surface area contributed by atoms with Gasteiger partial charge in [-0.25, -0.2) is 27.5 Å². The molecule has 0 fully saturated rings. The molecular weight excluding hydrogens is 544 g/mol. The zero-order chi connectivity index (χ0) is 29.4. The summed E-state index contributed by atoms with van der Waals surface area (Å²) >= 11 is 0. The van der Waals surface area contributed by atoms with Crippen LogP contribution in [0.2, 0.25) is 0 Å². The SMILES string of the molecule is Cc1ccc(S(=O)(=O)NC(=O)N[C@@H](c2ccccc2)[C@@H](NC(=O)Nc2cccc(C(=O)O)c2)c2ccccc2)cc1. The van der Waals surface area contributed by atoms with E-state index in [0.717, 1.165) is 5.56 Å². The number of nitrogens with one attached hydrogen (secondary N) is 4. The van der Waals surface area contributed by atoms with Crippen LogP contribution in [0.5, 0.6) is 0 Å². The molecule has 4 aromatic rings. The van der Waals surface area contributed by atoms with Gasteiger partial charge in [0.1, 0.15) is 0 Å². The van der Waals surface area contributed by atoms with Gasteiger partial charge in [-0.3, -0.25) is 0 Å². The Labute approximate surface area is 237 Å². The Bertz CT molecular complexity index is 1630. The fourth-order valence-electron chi connectivity index (χ4n) is 4.15. The van der Waals surface area contributed by atoms with Crippen molar-refractivity contribution >= 4 is 33.7 Å². The quantitative estimate of drug-likeness (QED) is 0.191. The summed E-state index contributed by atoms with van der Waals surface area (Å²) in [5, 5.41) is 17.5. The lowest BCUT2D eigenvalue weighted by Crippen LogP contribution is -2.46. The number of sulfonamides is 1. The van der Waals surface area contributed by atoms with Crippen LogP contribution in [0.1, 0.15) is 39.1 Å². The van der Waals surface area contributed by atoms with E-state index in [0.29, 0.717) is 11.1 Å². The molecule has 0 saturated carbocycles. The predicted octanol–water partition coefficient (Wildman–Crippen LogP) is 4.99. The molecule has 5 N–H and O–H groups in total. The summed E-state index contributed by atoms with van der Waals surface area (Å²) < 4.78 is 27.8. The summed E-state index contributed by atoms with van der Waals surface area (Å²) in [6.07, 6.45) is 0. The third-order valence-corrected chi connectivity index (χ3v) is 7.50. The minimum atomic E-state index is -4.18. The molecule has 210 valence electrons. The first-order chi connectivity index (χ1) is 19.6. The summed E-state index contributed by atoms with van der Waals surface area (Å²) in [6, 6.07) is 26.0. The number of carbonyl (C=O) groups is 3. The van der Waals surface area contributed by atoms with Crippen LogP contribution in [0, 0.1) is 6.92 Å². The van der Waals surface area contributed by atoms with E-state index in [9.17, 15) is 27.9 Å². The first-order valence-corrected chi connectivity index (χ1v) is 14.0. The molecule has 11 heteroatoms. The zero-order valence-corrected chi connectivity index (χ0v) is 22.8. The number of hydrogen-bond acceptors (Lipinski definition) is 5. The Morgan fingerprint density at radius 1 is 0.683 bits per heavy atom. The molecule has 0 aliphatic heterocycles. The Hall–Kier alpha value is -5.16. The highest BCUT2D eigenvalue weighted by atomic mass is 32.2. The van der Waals surface area contributed by atoms with Gasteiger partial charge in [0.05, 0.1) is 22.5 Å². The summed E-state index contributed by atoms with van der Waals surface area (Å²) in [7, 11) is -4.18. The topological polar surface area (TPSA) is 154 Å². The van der Waals surface area contributed by atoms with Crippen LogP contribution >= 0.6 is 0 Å². The molecule has 10 nitrogen and oxygen atoms in total. The van der Waals surface area contributed by atoms with Gasteiger partial charge in [-0.1, -0.05) is 84.4 Å². The van der Waals surface area contributed by atoms with E-state index in [1.54, 1.807) is 78.9 Å². The normalized spacial score (nSPS) is 12.4. The lowest BCUT2D eigenvalue weighted by atomic mass is 9.93. The van der Waals surface area contributed by atoms with E-state index in [2.05, 4.69) is 16.0 Å². The molecule has 4 aromatic carbocycles. The van der Waals surface area contributed by atoms with Crippen molar-refractivity contribution in [2.75, 3.05) is 5.32 Å². The molecule has 4 amide bonds. The van der Waals surface area contributed by atoms with Crippen LogP contribution in [-0.4, -0.2) is 31.6 Å². The first-order valence-electron chi connectivity index (χ1n) is 12.5. The van der Waals surface area contributed by atoms with Gasteiger partial charge in [0, 0.05) is 5.69 Å². The van der Waals surface area contributed by atoms with Crippen molar-refractivity contribution in [3.63, 3.8) is 0 Å². The second-order valence-electron chi connectivity index (χ2n) is 9.15. The minimum Gasteiger partial charge on any atom is -0.478 e. The fraction of sp³-hybridized carbons (Fsp3) is 0.100. The Kier molecular flexibility index (Phi) is 9.00. The van der Waals surface area contributed by atoms with Crippen LogP contribution in [0.3, 0.4) is 0 Å². The molecule has 0 aromatic heterocycles. The first kappa shape index (κ1) is 28.8. The van der Waals surface area contributed by atoms with Gasteiger partial charge in [0.15, 0.2) is 0 Å². The molecule has 0 spiro atoms. The molecule has 2 atom stereocenters. The number of hydrogen-bond donors (Lipinski definition) is 5. The second kappa shape index (κ2) is 12.8. The number of anilines is 1. The minimum absolute atomic E-state index is 0.00213.